The summed E-state index contributed by atoms with van der Waals surface area (Å²) in [6, 6.07) is 15.0. The maximum absolute atomic E-state index is 12.4. The predicted molar refractivity (Wildman–Crippen MR) is 112 cm³/mol. The van der Waals surface area contributed by atoms with Crippen LogP contribution in [0.2, 0.25) is 0 Å². The molecule has 150 valence electrons. The minimum absolute atomic E-state index is 0.359. The number of likely N-dealkylation sites (tertiary alicyclic amines) is 1. The van der Waals surface area contributed by atoms with E-state index in [2.05, 4.69) is 46.3 Å². The van der Waals surface area contributed by atoms with Crippen molar-refractivity contribution < 1.29 is 9.53 Å². The van der Waals surface area contributed by atoms with Crippen molar-refractivity contribution in [3.05, 3.63) is 59.8 Å². The van der Waals surface area contributed by atoms with Crippen LogP contribution in [0.15, 0.2) is 48.7 Å². The number of carbonyl (C=O) groups excluding carboxylic acids is 1. The second kappa shape index (κ2) is 8.74. The fourth-order valence-electron chi connectivity index (χ4n) is 3.67. The lowest BCUT2D eigenvalue weighted by Crippen LogP contribution is -2.37. The van der Waals surface area contributed by atoms with Crippen molar-refractivity contribution in [3.8, 4) is 0 Å². The number of anilines is 1. The third kappa shape index (κ3) is 5.10. The van der Waals surface area contributed by atoms with Gasteiger partial charge in [0.15, 0.2) is 0 Å². The topological polar surface area (TPSA) is 45.7 Å². The molecule has 0 unspecified atom stereocenters. The van der Waals surface area contributed by atoms with Crippen molar-refractivity contribution in [2.24, 2.45) is 0 Å². The molecule has 1 fully saturated rings. The Bertz CT molecular complexity index is 769. The molecule has 0 aliphatic carbocycles. The summed E-state index contributed by atoms with van der Waals surface area (Å²) in [5, 5.41) is 0. The van der Waals surface area contributed by atoms with Gasteiger partial charge >= 0.3 is 6.09 Å². The lowest BCUT2D eigenvalue weighted by molar-refractivity contribution is 0.0581. The third-order valence-electron chi connectivity index (χ3n) is 4.95. The summed E-state index contributed by atoms with van der Waals surface area (Å²) in [5.74, 6) is 0.633. The van der Waals surface area contributed by atoms with Crippen LogP contribution in [-0.2, 0) is 11.3 Å². The molecule has 0 radical (unpaired) electrons. The number of ether oxygens (including phenoxy) is 1. The van der Waals surface area contributed by atoms with Crippen LogP contribution in [0, 0.1) is 0 Å². The molecule has 1 saturated heterocycles. The fraction of sp³-hybridized carbons (Fsp3) is 0.478. The van der Waals surface area contributed by atoms with Crippen LogP contribution in [0.3, 0.4) is 0 Å². The second-order valence-electron chi connectivity index (χ2n) is 8.29. The number of hydrogen-bond acceptors (Lipinski definition) is 4. The summed E-state index contributed by atoms with van der Waals surface area (Å²) >= 11 is 0. The smallest absolute Gasteiger partial charge is 0.415 e. The Kier molecular flexibility index (Phi) is 6.35. The van der Waals surface area contributed by atoms with Gasteiger partial charge in [0.05, 0.1) is 0 Å². The average Bonchev–Trinajstić information content (AvgIpc) is 3.10. The minimum Gasteiger partial charge on any atom is -0.443 e. The lowest BCUT2D eigenvalue weighted by Gasteiger charge is -2.27. The van der Waals surface area contributed by atoms with Crippen molar-refractivity contribution in [2.45, 2.75) is 58.7 Å². The molecule has 28 heavy (non-hydrogen) atoms. The average molecular weight is 382 g/mol. The molecule has 1 aliphatic heterocycles. The van der Waals surface area contributed by atoms with Crippen molar-refractivity contribution in [2.75, 3.05) is 18.0 Å². The van der Waals surface area contributed by atoms with Gasteiger partial charge in [-0.25, -0.2) is 9.78 Å². The number of hydrogen-bond donors (Lipinski definition) is 0. The normalized spacial score (nSPS) is 17.5. The molecule has 1 aromatic heterocycles. The molecular formula is C23H31N3O2. The van der Waals surface area contributed by atoms with E-state index in [4.69, 9.17) is 4.74 Å². The molecule has 2 aromatic rings. The van der Waals surface area contributed by atoms with Gasteiger partial charge in [-0.15, -0.1) is 0 Å². The lowest BCUT2D eigenvalue weighted by atomic mass is 10.1. The van der Waals surface area contributed by atoms with E-state index < -0.39 is 5.60 Å². The van der Waals surface area contributed by atoms with Gasteiger partial charge in [-0.2, -0.15) is 0 Å². The second-order valence-corrected chi connectivity index (χ2v) is 8.29. The van der Waals surface area contributed by atoms with Gasteiger partial charge in [0.2, 0.25) is 0 Å². The standard InChI is InChI=1S/C23H31N3O2/c1-5-26(22(27)28-23(2,3)4)21-14-13-19(16-24-21)20-12-9-15-25(20)17-18-10-7-6-8-11-18/h6-8,10-11,13-14,16,20H,5,9,12,15,17H2,1-4H3/t20-/m1/s1. The Labute approximate surface area is 168 Å². The zero-order chi connectivity index (χ0) is 20.1. The van der Waals surface area contributed by atoms with E-state index in [1.807, 2.05) is 40.0 Å². The molecule has 2 heterocycles. The summed E-state index contributed by atoms with van der Waals surface area (Å²) in [4.78, 5) is 21.1. The quantitative estimate of drug-likeness (QED) is 0.716. The zero-order valence-electron chi connectivity index (χ0n) is 17.4. The van der Waals surface area contributed by atoms with Gasteiger partial charge in [-0.1, -0.05) is 36.4 Å². The first kappa shape index (κ1) is 20.3. The number of amides is 1. The summed E-state index contributed by atoms with van der Waals surface area (Å²) in [6.07, 6.45) is 3.88. The molecule has 1 aliphatic rings. The molecule has 1 atom stereocenters. The molecule has 5 nitrogen and oxygen atoms in total. The molecule has 0 spiro atoms. The molecule has 0 N–H and O–H groups in total. The van der Waals surface area contributed by atoms with E-state index in [0.717, 1.165) is 19.5 Å². The van der Waals surface area contributed by atoms with Crippen LogP contribution in [0.1, 0.15) is 57.7 Å². The van der Waals surface area contributed by atoms with Gasteiger partial charge in [0, 0.05) is 25.3 Å². The molecule has 1 aromatic carbocycles. The highest BCUT2D eigenvalue weighted by Gasteiger charge is 2.27. The first-order valence-electron chi connectivity index (χ1n) is 10.1. The van der Waals surface area contributed by atoms with E-state index in [9.17, 15) is 4.79 Å². The van der Waals surface area contributed by atoms with Crippen LogP contribution in [0.25, 0.3) is 0 Å². The highest BCUT2D eigenvalue weighted by atomic mass is 16.6. The molecule has 3 rings (SSSR count). The number of rotatable bonds is 5. The molecule has 5 heteroatoms. The van der Waals surface area contributed by atoms with Crippen LogP contribution in [0.4, 0.5) is 10.6 Å². The first-order valence-corrected chi connectivity index (χ1v) is 10.1. The van der Waals surface area contributed by atoms with Crippen LogP contribution in [-0.4, -0.2) is 34.7 Å². The van der Waals surface area contributed by atoms with Crippen LogP contribution < -0.4 is 4.90 Å². The van der Waals surface area contributed by atoms with Gasteiger partial charge in [0.25, 0.3) is 0 Å². The van der Waals surface area contributed by atoms with E-state index in [-0.39, 0.29) is 6.09 Å². The highest BCUT2D eigenvalue weighted by molar-refractivity contribution is 5.86. The van der Waals surface area contributed by atoms with Crippen molar-refractivity contribution in [1.29, 1.82) is 0 Å². The van der Waals surface area contributed by atoms with Crippen LogP contribution >= 0.6 is 0 Å². The highest BCUT2D eigenvalue weighted by Crippen LogP contribution is 2.33. The van der Waals surface area contributed by atoms with Crippen molar-refractivity contribution >= 4 is 11.9 Å². The minimum atomic E-state index is -0.522. The van der Waals surface area contributed by atoms with Gasteiger partial charge < -0.3 is 4.74 Å². The van der Waals surface area contributed by atoms with Crippen LogP contribution in [0.5, 0.6) is 0 Å². The SMILES string of the molecule is CCN(C(=O)OC(C)(C)C)c1ccc([C@H]2CCCN2Cc2ccccc2)cn1. The van der Waals surface area contributed by atoms with E-state index in [0.29, 0.717) is 18.4 Å². The molecule has 1 amide bonds. The molecule has 0 saturated carbocycles. The van der Waals surface area contributed by atoms with E-state index >= 15 is 0 Å². The maximum Gasteiger partial charge on any atom is 0.415 e. The first-order chi connectivity index (χ1) is 13.4. The Hall–Kier alpha value is -2.40. The third-order valence-corrected chi connectivity index (χ3v) is 4.95. The molecule has 0 bridgehead atoms. The number of carbonyl (C=O) groups is 1. The fourth-order valence-corrected chi connectivity index (χ4v) is 3.67. The maximum atomic E-state index is 12.4. The summed E-state index contributed by atoms with van der Waals surface area (Å²) in [6.45, 7) is 10.1. The molecular weight excluding hydrogens is 350 g/mol. The number of aromatic nitrogens is 1. The van der Waals surface area contributed by atoms with Gasteiger partial charge in [-0.3, -0.25) is 9.80 Å². The van der Waals surface area contributed by atoms with E-state index in [1.165, 1.54) is 17.5 Å². The number of benzene rings is 1. The Morgan fingerprint density at radius 1 is 1.21 bits per heavy atom. The summed E-state index contributed by atoms with van der Waals surface area (Å²) < 4.78 is 5.50. The summed E-state index contributed by atoms with van der Waals surface area (Å²) in [7, 11) is 0. The van der Waals surface area contributed by atoms with E-state index in [1.54, 1.807) is 4.90 Å². The van der Waals surface area contributed by atoms with Crippen molar-refractivity contribution in [1.82, 2.24) is 9.88 Å². The number of pyridine rings is 1. The largest absolute Gasteiger partial charge is 0.443 e. The van der Waals surface area contributed by atoms with Gasteiger partial charge in [0.1, 0.15) is 11.4 Å². The Morgan fingerprint density at radius 3 is 2.57 bits per heavy atom. The Morgan fingerprint density at radius 2 is 1.96 bits per heavy atom. The summed E-state index contributed by atoms with van der Waals surface area (Å²) in [5.41, 5.74) is 2.02. The predicted octanol–water partition coefficient (Wildman–Crippen LogP) is 5.18. The monoisotopic (exact) mass is 381 g/mol. The van der Waals surface area contributed by atoms with Gasteiger partial charge in [-0.05, 0) is 64.3 Å². The zero-order valence-corrected chi connectivity index (χ0v) is 17.4. The Balaban J connectivity index is 1.71. The van der Waals surface area contributed by atoms with Crippen molar-refractivity contribution in [3.63, 3.8) is 0 Å². The number of nitrogens with zero attached hydrogens (tertiary/aromatic N) is 3.